The quantitative estimate of drug-likeness (QED) is 0.741. The van der Waals surface area contributed by atoms with Crippen LogP contribution in [0.15, 0.2) is 0 Å². The van der Waals surface area contributed by atoms with Crippen LogP contribution in [0.25, 0.3) is 0 Å². The monoisotopic (exact) mass is 325 g/mol. The van der Waals surface area contributed by atoms with E-state index in [0.717, 1.165) is 38.9 Å². The number of amides is 3. The lowest BCUT2D eigenvalue weighted by Gasteiger charge is -2.32. The Morgan fingerprint density at radius 3 is 2.43 bits per heavy atom. The van der Waals surface area contributed by atoms with Crippen LogP contribution in [0.1, 0.15) is 45.4 Å². The third-order valence-electron chi connectivity index (χ3n) is 4.37. The lowest BCUT2D eigenvalue weighted by Crippen LogP contribution is -2.43. The number of imide groups is 1. The standard InChI is InChI=1S/C16H27N3O4/c1-2-17-16(22)23-13-7-11-18(12-8-13)9-4-10-19-14(20)5-3-6-15(19)21/h13H,2-12H2,1H3,(H,17,22). The van der Waals surface area contributed by atoms with Gasteiger partial charge in [0.05, 0.1) is 0 Å². The van der Waals surface area contributed by atoms with E-state index in [2.05, 4.69) is 10.2 Å². The summed E-state index contributed by atoms with van der Waals surface area (Å²) in [5, 5.41) is 2.64. The molecular weight excluding hydrogens is 298 g/mol. The molecule has 7 heteroatoms. The van der Waals surface area contributed by atoms with E-state index in [9.17, 15) is 14.4 Å². The van der Waals surface area contributed by atoms with Gasteiger partial charge in [0.2, 0.25) is 11.8 Å². The fourth-order valence-corrected chi connectivity index (χ4v) is 3.09. The summed E-state index contributed by atoms with van der Waals surface area (Å²) in [6, 6.07) is 0. The number of alkyl carbamates (subject to hydrolysis) is 1. The maximum absolute atomic E-state index is 11.7. The second kappa shape index (κ2) is 8.86. The van der Waals surface area contributed by atoms with Crippen molar-refractivity contribution in [1.29, 1.82) is 0 Å². The number of carbonyl (C=O) groups excluding carboxylic acids is 3. The highest BCUT2D eigenvalue weighted by Crippen LogP contribution is 2.15. The molecule has 0 atom stereocenters. The van der Waals surface area contributed by atoms with E-state index in [4.69, 9.17) is 4.74 Å². The first-order valence-corrected chi connectivity index (χ1v) is 8.60. The van der Waals surface area contributed by atoms with Crippen LogP contribution >= 0.6 is 0 Å². The zero-order valence-electron chi connectivity index (χ0n) is 13.9. The summed E-state index contributed by atoms with van der Waals surface area (Å²) in [7, 11) is 0. The molecular formula is C16H27N3O4. The normalized spacial score (nSPS) is 20.7. The van der Waals surface area contributed by atoms with Crippen LogP contribution in [0.3, 0.4) is 0 Å². The average molecular weight is 325 g/mol. The maximum Gasteiger partial charge on any atom is 0.407 e. The van der Waals surface area contributed by atoms with Gasteiger partial charge in [0.15, 0.2) is 0 Å². The highest BCUT2D eigenvalue weighted by Gasteiger charge is 2.26. The van der Waals surface area contributed by atoms with Gasteiger partial charge in [0.25, 0.3) is 0 Å². The molecule has 0 aromatic carbocycles. The molecule has 2 aliphatic rings. The highest BCUT2D eigenvalue weighted by atomic mass is 16.6. The van der Waals surface area contributed by atoms with E-state index in [1.807, 2.05) is 6.92 Å². The Bertz CT molecular complexity index is 417. The molecule has 0 aromatic rings. The number of rotatable bonds is 6. The number of nitrogens with zero attached hydrogens (tertiary/aromatic N) is 2. The van der Waals surface area contributed by atoms with Crippen molar-refractivity contribution < 1.29 is 19.1 Å². The van der Waals surface area contributed by atoms with Crippen LogP contribution in [0.5, 0.6) is 0 Å². The van der Waals surface area contributed by atoms with Gasteiger partial charge in [-0.1, -0.05) is 0 Å². The van der Waals surface area contributed by atoms with Gasteiger partial charge in [-0.15, -0.1) is 0 Å². The smallest absolute Gasteiger partial charge is 0.407 e. The van der Waals surface area contributed by atoms with Gasteiger partial charge in [-0.3, -0.25) is 14.5 Å². The van der Waals surface area contributed by atoms with E-state index in [-0.39, 0.29) is 24.0 Å². The summed E-state index contributed by atoms with van der Waals surface area (Å²) < 4.78 is 5.33. The summed E-state index contributed by atoms with van der Waals surface area (Å²) in [5.74, 6) is -0.0643. The third-order valence-corrected chi connectivity index (χ3v) is 4.37. The topological polar surface area (TPSA) is 79.0 Å². The van der Waals surface area contributed by atoms with Crippen molar-refractivity contribution in [3.05, 3.63) is 0 Å². The molecule has 0 aliphatic carbocycles. The maximum atomic E-state index is 11.7. The van der Waals surface area contributed by atoms with Crippen molar-refractivity contribution in [2.24, 2.45) is 0 Å². The molecule has 23 heavy (non-hydrogen) atoms. The summed E-state index contributed by atoms with van der Waals surface area (Å²) in [6.07, 6.45) is 3.79. The number of carbonyl (C=O) groups is 3. The second-order valence-corrected chi connectivity index (χ2v) is 6.12. The molecule has 0 aromatic heterocycles. The first-order chi connectivity index (χ1) is 11.1. The molecule has 0 spiro atoms. The largest absolute Gasteiger partial charge is 0.446 e. The van der Waals surface area contributed by atoms with Gasteiger partial charge in [0, 0.05) is 39.0 Å². The Labute approximate surface area is 137 Å². The van der Waals surface area contributed by atoms with Crippen LogP contribution in [-0.2, 0) is 14.3 Å². The number of ether oxygens (including phenoxy) is 1. The number of hydrogen-bond acceptors (Lipinski definition) is 5. The zero-order chi connectivity index (χ0) is 16.7. The number of nitrogens with one attached hydrogen (secondary N) is 1. The van der Waals surface area contributed by atoms with Gasteiger partial charge in [0.1, 0.15) is 6.10 Å². The molecule has 0 unspecified atom stereocenters. The Hall–Kier alpha value is -1.63. The predicted molar refractivity (Wildman–Crippen MR) is 84.8 cm³/mol. The molecule has 2 rings (SSSR count). The van der Waals surface area contributed by atoms with Gasteiger partial charge >= 0.3 is 6.09 Å². The first-order valence-electron chi connectivity index (χ1n) is 8.60. The minimum Gasteiger partial charge on any atom is -0.446 e. The Morgan fingerprint density at radius 1 is 1.17 bits per heavy atom. The highest BCUT2D eigenvalue weighted by molar-refractivity contribution is 5.97. The fourth-order valence-electron chi connectivity index (χ4n) is 3.09. The molecule has 7 nitrogen and oxygen atoms in total. The van der Waals surface area contributed by atoms with Crippen molar-refractivity contribution in [2.45, 2.75) is 51.6 Å². The molecule has 130 valence electrons. The lowest BCUT2D eigenvalue weighted by molar-refractivity contribution is -0.148. The van der Waals surface area contributed by atoms with E-state index in [1.54, 1.807) is 0 Å². The average Bonchev–Trinajstić information content (AvgIpc) is 2.52. The van der Waals surface area contributed by atoms with E-state index in [1.165, 1.54) is 4.90 Å². The second-order valence-electron chi connectivity index (χ2n) is 6.12. The molecule has 2 saturated heterocycles. The van der Waals surface area contributed by atoms with Gasteiger partial charge < -0.3 is 15.0 Å². The SMILES string of the molecule is CCNC(=O)OC1CCN(CCCN2C(=O)CCCC2=O)CC1. The Balaban J connectivity index is 1.62. The van der Waals surface area contributed by atoms with Crippen LogP contribution in [0, 0.1) is 0 Å². The summed E-state index contributed by atoms with van der Waals surface area (Å²) >= 11 is 0. The van der Waals surface area contributed by atoms with E-state index < -0.39 is 0 Å². The summed E-state index contributed by atoms with van der Waals surface area (Å²) in [5.41, 5.74) is 0. The third kappa shape index (κ3) is 5.49. The minimum absolute atomic E-state index is 0.0111. The van der Waals surface area contributed by atoms with E-state index in [0.29, 0.717) is 32.4 Å². The molecule has 0 bridgehead atoms. The van der Waals surface area contributed by atoms with Gasteiger partial charge in [-0.25, -0.2) is 4.79 Å². The van der Waals surface area contributed by atoms with Crippen molar-refractivity contribution >= 4 is 17.9 Å². The molecule has 2 fully saturated rings. The van der Waals surface area contributed by atoms with Crippen LogP contribution in [0.4, 0.5) is 4.79 Å². The molecule has 1 N–H and O–H groups in total. The summed E-state index contributed by atoms with van der Waals surface area (Å²) in [4.78, 5) is 38.5. The number of piperidine rings is 2. The van der Waals surface area contributed by atoms with Crippen LogP contribution in [-0.4, -0.2) is 66.5 Å². The van der Waals surface area contributed by atoms with Crippen LogP contribution < -0.4 is 5.32 Å². The van der Waals surface area contributed by atoms with Crippen molar-refractivity contribution in [3.63, 3.8) is 0 Å². The molecule has 3 amide bonds. The summed E-state index contributed by atoms with van der Waals surface area (Å²) in [6.45, 7) is 5.59. The van der Waals surface area contributed by atoms with E-state index >= 15 is 0 Å². The predicted octanol–water partition coefficient (Wildman–Crippen LogP) is 1.13. The Morgan fingerprint density at radius 2 is 1.83 bits per heavy atom. The fraction of sp³-hybridized carbons (Fsp3) is 0.812. The lowest BCUT2D eigenvalue weighted by atomic mass is 10.1. The van der Waals surface area contributed by atoms with Gasteiger partial charge in [-0.2, -0.15) is 0 Å². The molecule has 0 radical (unpaired) electrons. The molecule has 0 saturated carbocycles. The van der Waals surface area contributed by atoms with Crippen molar-refractivity contribution in [2.75, 3.05) is 32.7 Å². The van der Waals surface area contributed by atoms with Crippen molar-refractivity contribution in [3.8, 4) is 0 Å². The first kappa shape index (κ1) is 17.7. The minimum atomic E-state index is -0.340. The zero-order valence-corrected chi connectivity index (χ0v) is 13.9. The van der Waals surface area contributed by atoms with Crippen molar-refractivity contribution in [1.82, 2.24) is 15.1 Å². The number of hydrogen-bond donors (Lipinski definition) is 1. The van der Waals surface area contributed by atoms with Crippen LogP contribution in [0.2, 0.25) is 0 Å². The van der Waals surface area contributed by atoms with Gasteiger partial charge in [-0.05, 0) is 39.2 Å². The number of likely N-dealkylation sites (tertiary alicyclic amines) is 2. The molecule has 2 aliphatic heterocycles. The Kier molecular flexibility index (Phi) is 6.83. The molecule has 2 heterocycles.